The number of carbonyl (C=O) groups excluding carboxylic acids is 1. The number of para-hydroxylation sites is 1. The van der Waals surface area contributed by atoms with Crippen molar-refractivity contribution in [3.8, 4) is 0 Å². The molecule has 5 nitrogen and oxygen atoms in total. The third kappa shape index (κ3) is 2.77. The van der Waals surface area contributed by atoms with E-state index in [1.165, 1.54) is 0 Å². The predicted molar refractivity (Wildman–Crippen MR) is 89.4 cm³/mol. The van der Waals surface area contributed by atoms with E-state index < -0.39 is 0 Å². The van der Waals surface area contributed by atoms with Gasteiger partial charge in [-0.25, -0.2) is 0 Å². The van der Waals surface area contributed by atoms with Gasteiger partial charge in [0.1, 0.15) is 0 Å². The van der Waals surface area contributed by atoms with Gasteiger partial charge in [-0.3, -0.25) is 14.5 Å². The smallest absolute Gasteiger partial charge is 0.251 e. The Morgan fingerprint density at radius 2 is 2.09 bits per heavy atom. The minimum atomic E-state index is -0.0813. The molecule has 5 heteroatoms. The number of rotatable bonds is 3. The molecule has 2 unspecified atom stereocenters. The van der Waals surface area contributed by atoms with E-state index in [9.17, 15) is 9.59 Å². The van der Waals surface area contributed by atoms with Crippen LogP contribution in [-0.4, -0.2) is 52.9 Å². The first-order chi connectivity index (χ1) is 11.2. The molecule has 0 aliphatic carbocycles. The van der Waals surface area contributed by atoms with Crippen LogP contribution < -0.4 is 5.56 Å². The van der Waals surface area contributed by atoms with Crippen LogP contribution in [0.5, 0.6) is 0 Å². The molecule has 2 bridgehead atoms. The molecule has 0 spiro atoms. The zero-order valence-corrected chi connectivity index (χ0v) is 13.1. The summed E-state index contributed by atoms with van der Waals surface area (Å²) in [6, 6.07) is 10.0. The standard InChI is InChI=1S/C18H21N3O2/c22-17(21-10-9-20-8-7-15(21)12-20)6-5-14-11-13-3-1-2-4-16(13)19-18(14)23/h1-4,11,15H,5-10,12H2,(H,19,23). The summed E-state index contributed by atoms with van der Waals surface area (Å²) in [6.07, 6.45) is 2.01. The van der Waals surface area contributed by atoms with E-state index in [2.05, 4.69) is 9.88 Å². The van der Waals surface area contributed by atoms with Crippen LogP contribution in [0.2, 0.25) is 0 Å². The number of fused-ring (bicyclic) bond motifs is 3. The van der Waals surface area contributed by atoms with E-state index in [4.69, 9.17) is 0 Å². The van der Waals surface area contributed by atoms with E-state index in [1.807, 2.05) is 35.2 Å². The van der Waals surface area contributed by atoms with E-state index in [-0.39, 0.29) is 11.5 Å². The largest absolute Gasteiger partial charge is 0.337 e. The fourth-order valence-corrected chi connectivity index (χ4v) is 3.79. The van der Waals surface area contributed by atoms with Crippen molar-refractivity contribution < 1.29 is 4.79 Å². The zero-order valence-electron chi connectivity index (χ0n) is 13.1. The summed E-state index contributed by atoms with van der Waals surface area (Å²) in [5.41, 5.74) is 1.46. The van der Waals surface area contributed by atoms with Gasteiger partial charge >= 0.3 is 0 Å². The number of amides is 1. The van der Waals surface area contributed by atoms with Gasteiger partial charge in [0, 0.05) is 49.7 Å². The van der Waals surface area contributed by atoms with Crippen LogP contribution in [0.1, 0.15) is 18.4 Å². The maximum absolute atomic E-state index is 12.5. The lowest BCUT2D eigenvalue weighted by molar-refractivity contribution is -0.134. The summed E-state index contributed by atoms with van der Waals surface area (Å²) in [5, 5.41) is 1.01. The van der Waals surface area contributed by atoms with Gasteiger partial charge in [0.25, 0.3) is 5.56 Å². The first-order valence-electron chi connectivity index (χ1n) is 8.33. The van der Waals surface area contributed by atoms with E-state index in [1.54, 1.807) is 0 Å². The number of hydrogen-bond acceptors (Lipinski definition) is 3. The first kappa shape index (κ1) is 14.5. The lowest BCUT2D eigenvalue weighted by atomic mass is 10.1. The molecule has 1 aromatic heterocycles. The minimum absolute atomic E-state index is 0.0813. The van der Waals surface area contributed by atoms with Crippen LogP contribution in [0.25, 0.3) is 10.9 Å². The molecule has 4 rings (SSSR count). The van der Waals surface area contributed by atoms with E-state index >= 15 is 0 Å². The molecule has 3 heterocycles. The summed E-state index contributed by atoms with van der Waals surface area (Å²) in [7, 11) is 0. The van der Waals surface area contributed by atoms with Crippen LogP contribution >= 0.6 is 0 Å². The maximum atomic E-state index is 12.5. The van der Waals surface area contributed by atoms with Gasteiger partial charge in [0.05, 0.1) is 0 Å². The number of H-pyrrole nitrogens is 1. The normalized spacial score (nSPS) is 23.4. The number of benzene rings is 1. The molecule has 2 saturated heterocycles. The van der Waals surface area contributed by atoms with Crippen molar-refractivity contribution in [2.75, 3.05) is 26.2 Å². The van der Waals surface area contributed by atoms with Gasteiger partial charge in [-0.2, -0.15) is 0 Å². The molecule has 1 N–H and O–H groups in total. The van der Waals surface area contributed by atoms with Crippen molar-refractivity contribution in [3.63, 3.8) is 0 Å². The summed E-state index contributed by atoms with van der Waals surface area (Å²) in [6.45, 7) is 3.94. The molecule has 2 aliphatic heterocycles. The Morgan fingerprint density at radius 1 is 1.22 bits per heavy atom. The van der Waals surface area contributed by atoms with Crippen molar-refractivity contribution in [1.29, 1.82) is 0 Å². The molecule has 2 fully saturated rings. The van der Waals surface area contributed by atoms with Gasteiger partial charge in [0.2, 0.25) is 5.91 Å². The van der Waals surface area contributed by atoms with Gasteiger partial charge < -0.3 is 9.88 Å². The number of aromatic nitrogens is 1. The van der Waals surface area contributed by atoms with Crippen molar-refractivity contribution in [2.24, 2.45) is 0 Å². The second-order valence-electron chi connectivity index (χ2n) is 6.54. The average Bonchev–Trinajstić information content (AvgIpc) is 2.93. The molecular formula is C18H21N3O2. The molecule has 0 radical (unpaired) electrons. The summed E-state index contributed by atoms with van der Waals surface area (Å²) >= 11 is 0. The molecule has 120 valence electrons. The number of carbonyl (C=O) groups is 1. The fourth-order valence-electron chi connectivity index (χ4n) is 3.79. The third-order valence-corrected chi connectivity index (χ3v) is 5.10. The monoisotopic (exact) mass is 311 g/mol. The van der Waals surface area contributed by atoms with Crippen molar-refractivity contribution in [2.45, 2.75) is 25.3 Å². The van der Waals surface area contributed by atoms with Crippen LogP contribution in [0.3, 0.4) is 0 Å². The highest BCUT2D eigenvalue weighted by molar-refractivity contribution is 5.79. The molecule has 0 saturated carbocycles. The number of hydrogen-bond donors (Lipinski definition) is 1. The van der Waals surface area contributed by atoms with E-state index in [0.717, 1.165) is 43.5 Å². The Morgan fingerprint density at radius 3 is 3.00 bits per heavy atom. The number of piperazine rings is 1. The number of aryl methyl sites for hydroxylation is 1. The maximum Gasteiger partial charge on any atom is 0.251 e. The molecule has 2 atom stereocenters. The summed E-state index contributed by atoms with van der Waals surface area (Å²) in [4.78, 5) is 32.0. The van der Waals surface area contributed by atoms with E-state index in [0.29, 0.717) is 24.4 Å². The number of aromatic amines is 1. The lowest BCUT2D eigenvalue weighted by Crippen LogP contribution is -2.49. The predicted octanol–water partition coefficient (Wildman–Crippen LogP) is 1.38. The highest BCUT2D eigenvalue weighted by Gasteiger charge is 2.34. The Kier molecular flexibility index (Phi) is 3.65. The van der Waals surface area contributed by atoms with Crippen LogP contribution in [0.15, 0.2) is 35.1 Å². The molecule has 1 amide bonds. The minimum Gasteiger partial charge on any atom is -0.337 e. The SMILES string of the molecule is O=C(CCc1cc2ccccc2[nH]c1=O)N1CCN2CCC1C2. The molecule has 1 aromatic carbocycles. The van der Waals surface area contributed by atoms with Gasteiger partial charge in [-0.15, -0.1) is 0 Å². The Labute approximate surface area is 134 Å². The Balaban J connectivity index is 1.47. The highest BCUT2D eigenvalue weighted by Crippen LogP contribution is 2.21. The summed E-state index contributed by atoms with van der Waals surface area (Å²) in [5.74, 6) is 0.184. The number of nitrogens with zero attached hydrogens (tertiary/aromatic N) is 2. The number of pyridine rings is 1. The summed E-state index contributed by atoms with van der Waals surface area (Å²) < 4.78 is 0. The van der Waals surface area contributed by atoms with Crippen LogP contribution in [0, 0.1) is 0 Å². The van der Waals surface area contributed by atoms with Crippen LogP contribution in [0.4, 0.5) is 0 Å². The number of nitrogens with one attached hydrogen (secondary N) is 1. The second kappa shape index (κ2) is 5.81. The van der Waals surface area contributed by atoms with Gasteiger partial charge in [0.15, 0.2) is 0 Å². The Hall–Kier alpha value is -2.14. The molecular weight excluding hydrogens is 290 g/mol. The van der Waals surface area contributed by atoms with Crippen molar-refractivity contribution in [3.05, 3.63) is 46.2 Å². The topological polar surface area (TPSA) is 56.4 Å². The van der Waals surface area contributed by atoms with Crippen LogP contribution in [-0.2, 0) is 11.2 Å². The lowest BCUT2D eigenvalue weighted by Gasteiger charge is -2.34. The quantitative estimate of drug-likeness (QED) is 0.931. The molecule has 2 aromatic rings. The van der Waals surface area contributed by atoms with Crippen molar-refractivity contribution >= 4 is 16.8 Å². The average molecular weight is 311 g/mol. The van der Waals surface area contributed by atoms with Gasteiger partial charge in [-0.1, -0.05) is 18.2 Å². The third-order valence-electron chi connectivity index (χ3n) is 5.10. The fraction of sp³-hybridized carbons (Fsp3) is 0.444. The second-order valence-corrected chi connectivity index (χ2v) is 6.54. The zero-order chi connectivity index (χ0) is 15.8. The highest BCUT2D eigenvalue weighted by atomic mass is 16.2. The first-order valence-corrected chi connectivity index (χ1v) is 8.33. The molecule has 2 aliphatic rings. The Bertz CT molecular complexity index is 798. The molecule has 23 heavy (non-hydrogen) atoms. The van der Waals surface area contributed by atoms with Crippen molar-refractivity contribution in [1.82, 2.24) is 14.8 Å². The van der Waals surface area contributed by atoms with Gasteiger partial charge in [-0.05, 0) is 30.4 Å².